The van der Waals surface area contributed by atoms with Crippen LogP contribution in [0.5, 0.6) is 0 Å². The normalized spacial score (nSPS) is 17.9. The van der Waals surface area contributed by atoms with Crippen molar-refractivity contribution in [2.75, 3.05) is 0 Å². The van der Waals surface area contributed by atoms with Crippen LogP contribution >= 0.6 is 0 Å². The standard InChI is InChI=1S/C20H30O2.C20H28O2.C19H28O2.C18H26O2.C17H24O2/c1-5-16-10-12-17(13-11-16)20(14-8-7-9-15-20)22-18(21)19(3,4)6-2;1-5-16-11-10-12-17(15-16)20(13-8-7-9-14-20)22-18(21)19(3,4)6-2;1-5-15-9-11-16(12-10-15)19(13-7-8-14-19)21-17(20)18(3,4)6-2;1-5-17(3,4)16(19)20-18(12-6-7-13-18)15-10-8-14(2)9-11-15;1-4-16(2,3)15(18)19-17(12-8-9-13-17)14-10-6-5-7-11-14/h10-13H,5-9,14-15H2,1-4H3;5,10-12,15H,1,6-9,13-14H2,2-4H3;9-12H,5-8,13-14H2,1-4H3;8-11H,5-7,12-13H2,1-4H3;5-7,10-11H,4,8-9,12-13H2,1-3H3. The van der Waals surface area contributed by atoms with Crippen molar-refractivity contribution in [2.45, 2.75) is 339 Å². The number of hydrogen-bond donors (Lipinski definition) is 0. The summed E-state index contributed by atoms with van der Waals surface area (Å²) >= 11 is 0. The molecule has 5 aromatic rings. The lowest BCUT2D eigenvalue weighted by atomic mass is 9.78. The predicted octanol–water partition coefficient (Wildman–Crippen LogP) is 25.0. The first-order valence-corrected chi connectivity index (χ1v) is 40.4. The Bertz CT molecular complexity index is 3480. The molecule has 0 saturated heterocycles. The highest BCUT2D eigenvalue weighted by molar-refractivity contribution is 5.79. The number of aryl methyl sites for hydroxylation is 3. The minimum Gasteiger partial charge on any atom is -0.454 e. The van der Waals surface area contributed by atoms with E-state index in [1.165, 1.54) is 35.1 Å². The first-order chi connectivity index (χ1) is 49.2. The molecule has 0 N–H and O–H groups in total. The summed E-state index contributed by atoms with van der Waals surface area (Å²) in [5, 5.41) is 0. The Labute approximate surface area is 630 Å². The number of carbonyl (C=O) groups excluding carboxylic acids is 5. The van der Waals surface area contributed by atoms with Gasteiger partial charge in [-0.3, -0.25) is 24.0 Å². The fourth-order valence-electron chi connectivity index (χ4n) is 14.3. The fraction of sp³-hybridized carbons (Fsp3) is 0.606. The molecular formula is C94H136O10. The van der Waals surface area contributed by atoms with Crippen molar-refractivity contribution in [1.29, 1.82) is 0 Å². The van der Waals surface area contributed by atoms with Gasteiger partial charge in [-0.2, -0.15) is 0 Å². The van der Waals surface area contributed by atoms with E-state index in [0.717, 1.165) is 201 Å². The van der Waals surface area contributed by atoms with Gasteiger partial charge in [0, 0.05) is 0 Å². The largest absolute Gasteiger partial charge is 0.454 e. The molecule has 0 heterocycles. The first kappa shape index (κ1) is 86.1. The molecule has 0 aliphatic heterocycles. The van der Waals surface area contributed by atoms with Crippen LogP contribution in [0.2, 0.25) is 0 Å². The van der Waals surface area contributed by atoms with Crippen molar-refractivity contribution < 1.29 is 47.7 Å². The van der Waals surface area contributed by atoms with Gasteiger partial charge in [-0.05, 0) is 300 Å². The summed E-state index contributed by atoms with van der Waals surface area (Å²) in [6, 6.07) is 44.2. The van der Waals surface area contributed by atoms with Crippen LogP contribution in [0.15, 0.2) is 134 Å². The highest BCUT2D eigenvalue weighted by Crippen LogP contribution is 2.49. The molecule has 5 aromatic carbocycles. The van der Waals surface area contributed by atoms with Crippen molar-refractivity contribution in [2.24, 2.45) is 27.1 Å². The Morgan fingerprint density at radius 2 is 0.548 bits per heavy atom. The van der Waals surface area contributed by atoms with Gasteiger partial charge in [0.25, 0.3) is 0 Å². The third-order valence-electron chi connectivity index (χ3n) is 24.5. The maximum atomic E-state index is 12.7. The molecule has 5 aliphatic carbocycles. The average Bonchev–Trinajstić information content (AvgIpc) is 1.49. The second-order valence-electron chi connectivity index (χ2n) is 34.0. The summed E-state index contributed by atoms with van der Waals surface area (Å²) < 4.78 is 30.4. The lowest BCUT2D eigenvalue weighted by Crippen LogP contribution is -2.39. The van der Waals surface area contributed by atoms with Gasteiger partial charge in [0.2, 0.25) is 0 Å². The smallest absolute Gasteiger partial charge is 0.312 e. The molecule has 0 spiro atoms. The third-order valence-corrected chi connectivity index (χ3v) is 24.5. The van der Waals surface area contributed by atoms with E-state index in [-0.39, 0.29) is 35.4 Å². The van der Waals surface area contributed by atoms with Crippen molar-refractivity contribution in [3.8, 4) is 0 Å². The van der Waals surface area contributed by atoms with E-state index in [9.17, 15) is 24.0 Å². The monoisotopic (exact) mass is 1430 g/mol. The lowest BCUT2D eigenvalue weighted by Gasteiger charge is -2.39. The van der Waals surface area contributed by atoms with Crippen LogP contribution in [-0.4, -0.2) is 29.8 Å². The zero-order valence-corrected chi connectivity index (χ0v) is 68.0. The molecule has 5 saturated carbocycles. The highest BCUT2D eigenvalue weighted by atomic mass is 16.6. The Kier molecular flexibility index (Phi) is 31.6. The zero-order valence-electron chi connectivity index (χ0n) is 68.0. The first-order valence-electron chi connectivity index (χ1n) is 40.4. The van der Waals surface area contributed by atoms with Crippen LogP contribution in [-0.2, 0) is 88.5 Å². The van der Waals surface area contributed by atoms with Crippen molar-refractivity contribution in [1.82, 2.24) is 0 Å². The molecule has 0 unspecified atom stereocenters. The van der Waals surface area contributed by atoms with Crippen LogP contribution in [0.3, 0.4) is 0 Å². The molecule has 572 valence electrons. The summed E-state index contributed by atoms with van der Waals surface area (Å²) in [4.78, 5) is 62.7. The summed E-state index contributed by atoms with van der Waals surface area (Å²) in [5.74, 6) is -0.341. The topological polar surface area (TPSA) is 132 Å². The maximum Gasteiger partial charge on any atom is 0.312 e. The number of carbonyl (C=O) groups is 5. The van der Waals surface area contributed by atoms with E-state index >= 15 is 0 Å². The van der Waals surface area contributed by atoms with Crippen molar-refractivity contribution in [3.05, 3.63) is 184 Å². The number of rotatable bonds is 23. The quantitative estimate of drug-likeness (QED) is 0.0460. The molecule has 10 heteroatoms. The van der Waals surface area contributed by atoms with Crippen molar-refractivity contribution in [3.63, 3.8) is 0 Å². The van der Waals surface area contributed by atoms with Crippen LogP contribution < -0.4 is 0 Å². The third kappa shape index (κ3) is 22.4. The van der Waals surface area contributed by atoms with Crippen molar-refractivity contribution >= 4 is 35.9 Å². The van der Waals surface area contributed by atoms with Gasteiger partial charge < -0.3 is 23.7 Å². The fourth-order valence-corrected chi connectivity index (χ4v) is 14.3. The maximum absolute atomic E-state index is 12.7. The minimum absolute atomic E-state index is 0.0588. The molecule has 0 bridgehead atoms. The molecule has 0 aromatic heterocycles. The zero-order chi connectivity index (χ0) is 76.7. The second kappa shape index (κ2) is 38.1. The Morgan fingerprint density at radius 3 is 0.798 bits per heavy atom. The van der Waals surface area contributed by atoms with Gasteiger partial charge in [0.15, 0.2) is 0 Å². The van der Waals surface area contributed by atoms with E-state index in [2.05, 4.69) is 124 Å². The van der Waals surface area contributed by atoms with Gasteiger partial charge in [0.1, 0.15) is 28.0 Å². The second-order valence-corrected chi connectivity index (χ2v) is 34.0. The average molecular weight is 1430 g/mol. The lowest BCUT2D eigenvalue weighted by molar-refractivity contribution is -0.177. The van der Waals surface area contributed by atoms with Gasteiger partial charge in [0.05, 0.1) is 27.1 Å². The molecule has 5 fully saturated rings. The van der Waals surface area contributed by atoms with Gasteiger partial charge >= 0.3 is 29.8 Å². The number of benzene rings is 5. The molecule has 5 aliphatic rings. The minimum atomic E-state index is -0.458. The highest BCUT2D eigenvalue weighted by Gasteiger charge is 2.47. The number of esters is 5. The number of hydrogen-bond acceptors (Lipinski definition) is 10. The molecular weight excluding hydrogens is 1290 g/mol. The number of ether oxygens (including phenoxy) is 5. The van der Waals surface area contributed by atoms with Crippen LogP contribution in [0.4, 0.5) is 0 Å². The molecule has 0 radical (unpaired) electrons. The predicted molar refractivity (Wildman–Crippen MR) is 427 cm³/mol. The Hall–Kier alpha value is -6.81. The van der Waals surface area contributed by atoms with Gasteiger partial charge in [-0.15, -0.1) is 0 Å². The van der Waals surface area contributed by atoms with E-state index in [1.54, 1.807) is 0 Å². The summed E-state index contributed by atoms with van der Waals surface area (Å²) in [6.45, 7) is 40.1. The molecule has 10 nitrogen and oxygen atoms in total. The Balaban J connectivity index is 0.000000204. The van der Waals surface area contributed by atoms with E-state index in [4.69, 9.17) is 23.7 Å². The SMILES string of the molecule is C=Cc1cccc(C2(OC(=O)C(C)(C)CC)CCCCC2)c1.CCC(C)(C)C(=O)OC1(c2ccc(C)cc2)CCCC1.CCC(C)(C)C(=O)OC1(c2ccccc2)CCCC1.CCc1ccc(C2(OC(=O)C(C)(C)CC)CCCC2)cc1.CCc1ccc(C2(OC(=O)C(C)(C)CC)CCCCC2)cc1. The van der Waals surface area contributed by atoms with E-state index < -0.39 is 49.5 Å². The van der Waals surface area contributed by atoms with Crippen LogP contribution in [0.1, 0.15) is 341 Å². The molecule has 10 rings (SSSR count). The van der Waals surface area contributed by atoms with Gasteiger partial charge in [-0.1, -0.05) is 201 Å². The van der Waals surface area contributed by atoms with E-state index in [0.29, 0.717) is 0 Å². The van der Waals surface area contributed by atoms with Crippen LogP contribution in [0.25, 0.3) is 6.08 Å². The Morgan fingerprint density at radius 1 is 0.317 bits per heavy atom. The molecule has 0 amide bonds. The summed E-state index contributed by atoms with van der Waals surface area (Å²) in [6.07, 6.45) is 31.1. The molecule has 0 atom stereocenters. The van der Waals surface area contributed by atoms with Gasteiger partial charge in [-0.25, -0.2) is 0 Å². The summed E-state index contributed by atoms with van der Waals surface area (Å²) in [5.41, 5.74) is 6.64. The van der Waals surface area contributed by atoms with E-state index in [1.807, 2.05) is 140 Å². The van der Waals surface area contributed by atoms with Crippen LogP contribution in [0, 0.1) is 34.0 Å². The summed E-state index contributed by atoms with van der Waals surface area (Å²) in [7, 11) is 0. The molecule has 104 heavy (non-hydrogen) atoms.